The van der Waals surface area contributed by atoms with Gasteiger partial charge in [0, 0.05) is 16.9 Å². The number of carbonyl (C=O) groups excluding carboxylic acids is 1. The minimum Gasteiger partial charge on any atom is -0.346 e. The maximum atomic E-state index is 12.2. The van der Waals surface area contributed by atoms with Crippen molar-refractivity contribution in [1.29, 1.82) is 0 Å². The van der Waals surface area contributed by atoms with Crippen LogP contribution in [0.3, 0.4) is 0 Å². The minimum atomic E-state index is -0.613. The van der Waals surface area contributed by atoms with Crippen molar-refractivity contribution in [1.82, 2.24) is 5.32 Å². The molecule has 104 valence electrons. The molecular weight excluding hydrogens is 336 g/mol. The van der Waals surface area contributed by atoms with Gasteiger partial charge < -0.3 is 5.32 Å². The summed E-state index contributed by atoms with van der Waals surface area (Å²) < 4.78 is 0. The van der Waals surface area contributed by atoms with Crippen molar-refractivity contribution >= 4 is 39.1 Å². The zero-order chi connectivity index (χ0) is 14.6. The van der Waals surface area contributed by atoms with Gasteiger partial charge in [0.05, 0.1) is 9.95 Å². The molecule has 0 aliphatic rings. The summed E-state index contributed by atoms with van der Waals surface area (Å²) in [7, 11) is 0. The summed E-state index contributed by atoms with van der Waals surface area (Å²) in [5, 5.41) is 14.3. The van der Waals surface area contributed by atoms with Gasteiger partial charge in [0.2, 0.25) is 0 Å². The van der Waals surface area contributed by atoms with Crippen molar-refractivity contribution in [2.75, 3.05) is 5.33 Å². The molecule has 1 amide bonds. The number of halogens is 2. The monoisotopic (exact) mass is 348 g/mol. The molecule has 0 radical (unpaired) electrons. The van der Waals surface area contributed by atoms with Crippen LogP contribution < -0.4 is 5.32 Å². The van der Waals surface area contributed by atoms with E-state index in [0.717, 1.165) is 0 Å². The molecule has 1 rings (SSSR count). The van der Waals surface area contributed by atoms with Gasteiger partial charge in [0.1, 0.15) is 5.56 Å². The number of alkyl halides is 1. The zero-order valence-electron chi connectivity index (χ0n) is 10.6. The van der Waals surface area contributed by atoms with Gasteiger partial charge in [0.25, 0.3) is 11.6 Å². The van der Waals surface area contributed by atoms with Crippen molar-refractivity contribution < 1.29 is 9.72 Å². The molecule has 5 nitrogen and oxygen atoms in total. The summed E-state index contributed by atoms with van der Waals surface area (Å²) in [5.74, 6) is -0.541. The summed E-state index contributed by atoms with van der Waals surface area (Å²) in [6.07, 6.45) is 0.683. The number of carbonyl (C=O) groups is 1. The average molecular weight is 350 g/mol. The average Bonchev–Trinajstić information content (AvgIpc) is 2.37. The van der Waals surface area contributed by atoms with E-state index >= 15 is 0 Å². The topological polar surface area (TPSA) is 72.2 Å². The molecule has 0 aromatic heterocycles. The molecule has 7 heteroatoms. The predicted octanol–water partition coefficient (Wildman–Crippen LogP) is 3.54. The van der Waals surface area contributed by atoms with Gasteiger partial charge in [-0.05, 0) is 19.4 Å². The van der Waals surface area contributed by atoms with E-state index in [2.05, 4.69) is 21.2 Å². The molecule has 0 spiro atoms. The van der Waals surface area contributed by atoms with E-state index in [0.29, 0.717) is 11.8 Å². The highest BCUT2D eigenvalue weighted by atomic mass is 79.9. The zero-order valence-corrected chi connectivity index (χ0v) is 12.9. The molecule has 0 bridgehead atoms. The van der Waals surface area contributed by atoms with Gasteiger partial charge in [-0.1, -0.05) is 40.5 Å². The van der Waals surface area contributed by atoms with Crippen molar-refractivity contribution in [3.63, 3.8) is 0 Å². The molecule has 1 atom stereocenters. The Morgan fingerprint density at radius 1 is 1.58 bits per heavy atom. The number of benzene rings is 1. The summed E-state index contributed by atoms with van der Waals surface area (Å²) in [4.78, 5) is 22.5. The van der Waals surface area contributed by atoms with E-state index in [4.69, 9.17) is 11.6 Å². The quantitative estimate of drug-likeness (QED) is 0.502. The standard InChI is InChI=1S/C12H14BrClN2O3/c1-3-12(2,7-13)15-11(17)10-8(14)5-4-6-9(10)16(18)19/h4-6H,3,7H2,1-2H3,(H,15,17). The molecule has 1 N–H and O–H groups in total. The second kappa shape index (κ2) is 6.34. The minimum absolute atomic E-state index is 0.0692. The largest absolute Gasteiger partial charge is 0.346 e. The molecule has 0 heterocycles. The van der Waals surface area contributed by atoms with Gasteiger partial charge >= 0.3 is 0 Å². The van der Waals surface area contributed by atoms with E-state index in [1.807, 2.05) is 13.8 Å². The van der Waals surface area contributed by atoms with Crippen LogP contribution in [-0.2, 0) is 0 Å². The fourth-order valence-electron chi connectivity index (χ4n) is 1.44. The third kappa shape index (κ3) is 3.67. The van der Waals surface area contributed by atoms with Gasteiger partial charge in [-0.2, -0.15) is 0 Å². The Morgan fingerprint density at radius 3 is 2.68 bits per heavy atom. The Labute approximate surface area is 124 Å². The molecule has 1 aromatic carbocycles. The van der Waals surface area contributed by atoms with Gasteiger partial charge in [0.15, 0.2) is 0 Å². The number of nitrogens with one attached hydrogen (secondary N) is 1. The van der Waals surface area contributed by atoms with Crippen LogP contribution in [0.1, 0.15) is 30.6 Å². The number of hydrogen-bond acceptors (Lipinski definition) is 3. The number of nitro benzene ring substituents is 1. The lowest BCUT2D eigenvalue weighted by Crippen LogP contribution is -2.47. The van der Waals surface area contributed by atoms with Crippen LogP contribution in [0.2, 0.25) is 5.02 Å². The van der Waals surface area contributed by atoms with Crippen LogP contribution >= 0.6 is 27.5 Å². The highest BCUT2D eigenvalue weighted by Crippen LogP contribution is 2.27. The normalized spacial score (nSPS) is 13.7. The van der Waals surface area contributed by atoms with Gasteiger partial charge in [-0.3, -0.25) is 14.9 Å². The summed E-state index contributed by atoms with van der Waals surface area (Å²) >= 11 is 9.22. The second-order valence-corrected chi connectivity index (χ2v) is 5.36. The molecule has 0 saturated heterocycles. The van der Waals surface area contributed by atoms with Crippen LogP contribution in [0.4, 0.5) is 5.69 Å². The third-order valence-corrected chi connectivity index (χ3v) is 4.46. The Balaban J connectivity index is 3.16. The molecular formula is C12H14BrClN2O3. The Morgan fingerprint density at radius 2 is 2.21 bits per heavy atom. The first-order valence-corrected chi connectivity index (χ1v) is 7.16. The highest BCUT2D eigenvalue weighted by molar-refractivity contribution is 9.09. The molecule has 0 aliphatic carbocycles. The molecule has 0 aliphatic heterocycles. The van der Waals surface area contributed by atoms with Crippen LogP contribution in [-0.4, -0.2) is 21.7 Å². The highest BCUT2D eigenvalue weighted by Gasteiger charge is 2.29. The Hall–Kier alpha value is -1.14. The molecule has 0 fully saturated rings. The van der Waals surface area contributed by atoms with Crippen LogP contribution in [0.5, 0.6) is 0 Å². The smallest absolute Gasteiger partial charge is 0.283 e. The lowest BCUT2D eigenvalue weighted by Gasteiger charge is -2.27. The lowest BCUT2D eigenvalue weighted by atomic mass is 10.0. The fraction of sp³-hybridized carbons (Fsp3) is 0.417. The van der Waals surface area contributed by atoms with Crippen molar-refractivity contribution in [2.24, 2.45) is 0 Å². The summed E-state index contributed by atoms with van der Waals surface area (Å²) in [5.41, 5.74) is -0.878. The maximum absolute atomic E-state index is 12.2. The van der Waals surface area contributed by atoms with Crippen LogP contribution in [0.25, 0.3) is 0 Å². The van der Waals surface area contributed by atoms with E-state index in [9.17, 15) is 14.9 Å². The van der Waals surface area contributed by atoms with E-state index in [1.165, 1.54) is 18.2 Å². The van der Waals surface area contributed by atoms with E-state index in [1.54, 1.807) is 0 Å². The summed E-state index contributed by atoms with van der Waals surface area (Å²) in [6, 6.07) is 4.17. The Bertz CT molecular complexity index is 504. The number of hydrogen-bond donors (Lipinski definition) is 1. The number of nitro groups is 1. The number of rotatable bonds is 5. The maximum Gasteiger partial charge on any atom is 0.283 e. The third-order valence-electron chi connectivity index (χ3n) is 2.91. The first-order valence-electron chi connectivity index (χ1n) is 5.66. The molecule has 0 saturated carbocycles. The first kappa shape index (κ1) is 15.9. The molecule has 1 aromatic rings. The van der Waals surface area contributed by atoms with E-state index in [-0.39, 0.29) is 16.3 Å². The number of amides is 1. The molecule has 19 heavy (non-hydrogen) atoms. The lowest BCUT2D eigenvalue weighted by molar-refractivity contribution is -0.385. The number of nitrogens with zero attached hydrogens (tertiary/aromatic N) is 1. The van der Waals surface area contributed by atoms with Crippen molar-refractivity contribution in [2.45, 2.75) is 25.8 Å². The fourth-order valence-corrected chi connectivity index (χ4v) is 2.23. The van der Waals surface area contributed by atoms with Crippen LogP contribution in [0, 0.1) is 10.1 Å². The van der Waals surface area contributed by atoms with Crippen LogP contribution in [0.15, 0.2) is 18.2 Å². The SMILES string of the molecule is CCC(C)(CBr)NC(=O)c1c(Cl)cccc1[N+](=O)[O-]. The molecule has 1 unspecified atom stereocenters. The van der Waals surface area contributed by atoms with Gasteiger partial charge in [-0.25, -0.2) is 0 Å². The summed E-state index contributed by atoms with van der Waals surface area (Å²) in [6.45, 7) is 3.77. The van der Waals surface area contributed by atoms with Gasteiger partial charge in [-0.15, -0.1) is 0 Å². The van der Waals surface area contributed by atoms with E-state index < -0.39 is 16.4 Å². The van der Waals surface area contributed by atoms with Crippen molar-refractivity contribution in [3.05, 3.63) is 38.9 Å². The van der Waals surface area contributed by atoms with Crippen molar-refractivity contribution in [3.8, 4) is 0 Å². The first-order chi connectivity index (χ1) is 8.84. The predicted molar refractivity (Wildman–Crippen MR) is 78.1 cm³/mol. The Kier molecular flexibility index (Phi) is 5.31. The second-order valence-electron chi connectivity index (χ2n) is 4.39.